The van der Waals surface area contributed by atoms with Crippen LogP contribution in [0.25, 0.3) is 10.9 Å². The number of halogens is 3. The van der Waals surface area contributed by atoms with E-state index in [1.165, 1.54) is 17.6 Å². The third kappa shape index (κ3) is 6.25. The summed E-state index contributed by atoms with van der Waals surface area (Å²) in [7, 11) is -5.36. The second kappa shape index (κ2) is 11.9. The number of carbonyl (C=O) groups is 1. The molecule has 3 N–H and O–H groups in total. The second-order valence-electron chi connectivity index (χ2n) is 10.2. The Bertz CT molecular complexity index is 1380. The molecule has 39 heavy (non-hydrogen) atoms. The van der Waals surface area contributed by atoms with Crippen molar-refractivity contribution >= 4 is 30.1 Å². The number of rotatable bonds is 10. The Balaban J connectivity index is 1.68. The van der Waals surface area contributed by atoms with E-state index < -0.39 is 55.9 Å². The molecule has 1 aromatic heterocycles. The van der Waals surface area contributed by atoms with Crippen LogP contribution in [0.15, 0.2) is 21.7 Å². The minimum Gasteiger partial charge on any atom is -0.380 e. The zero-order valence-corrected chi connectivity index (χ0v) is 22.7. The molecule has 1 heterocycles. The Hall–Kier alpha value is -2.63. The number of alkyl halides is 2. The summed E-state index contributed by atoms with van der Waals surface area (Å²) in [6, 6.07) is 2.31. The molecule has 14 heteroatoms. The number of anilines is 1. The van der Waals surface area contributed by atoms with Crippen LogP contribution < -0.4 is 21.9 Å². The first-order chi connectivity index (χ1) is 18.4. The molecule has 216 valence electrons. The number of benzene rings is 1. The van der Waals surface area contributed by atoms with Gasteiger partial charge in [-0.3, -0.25) is 23.3 Å². The summed E-state index contributed by atoms with van der Waals surface area (Å²) >= 11 is 0. The highest BCUT2D eigenvalue weighted by Gasteiger charge is 2.51. The molecule has 10 nitrogen and oxygen atoms in total. The minimum absolute atomic E-state index is 0.0801. The number of fused-ring (bicyclic) bond motifs is 1. The van der Waals surface area contributed by atoms with Crippen molar-refractivity contribution in [1.29, 1.82) is 0 Å². The molecule has 0 spiro atoms. The maximum absolute atomic E-state index is 15.2. The first kappa shape index (κ1) is 29.4. The zero-order valence-electron chi connectivity index (χ0n) is 21.8. The average molecular weight is 575 g/mol. The molecule has 0 saturated heterocycles. The van der Waals surface area contributed by atoms with Crippen LogP contribution in [0.2, 0.25) is 0 Å². The quantitative estimate of drug-likeness (QED) is 0.364. The van der Waals surface area contributed by atoms with Gasteiger partial charge in [-0.05, 0) is 44.7 Å². The predicted molar refractivity (Wildman–Crippen MR) is 140 cm³/mol. The SMILES string of the molecule is CCOP(=O)(O)C(F)(F)CNC(=O)Cn1c(=O)c2cc(F)c(NC3CCCCC3)cc2n(C2CCCC2)c1=O. The molecule has 2 aliphatic rings. The largest absolute Gasteiger partial charge is 0.398 e. The number of nitrogens with zero attached hydrogens (tertiary/aromatic N) is 2. The lowest BCUT2D eigenvalue weighted by molar-refractivity contribution is -0.122. The van der Waals surface area contributed by atoms with E-state index >= 15 is 4.39 Å². The van der Waals surface area contributed by atoms with E-state index in [4.69, 9.17) is 0 Å². The van der Waals surface area contributed by atoms with E-state index in [0.29, 0.717) is 17.4 Å². The summed E-state index contributed by atoms with van der Waals surface area (Å²) in [5, 5.41) is 4.90. The van der Waals surface area contributed by atoms with Gasteiger partial charge in [0.05, 0.1) is 29.7 Å². The summed E-state index contributed by atoms with van der Waals surface area (Å²) in [5.41, 5.74) is -5.59. The Labute approximate surface area is 223 Å². The van der Waals surface area contributed by atoms with Crippen LogP contribution in [0.5, 0.6) is 0 Å². The van der Waals surface area contributed by atoms with Crippen LogP contribution in [0.4, 0.5) is 18.9 Å². The van der Waals surface area contributed by atoms with Crippen molar-refractivity contribution in [3.8, 4) is 0 Å². The van der Waals surface area contributed by atoms with E-state index in [2.05, 4.69) is 9.84 Å². The van der Waals surface area contributed by atoms with Gasteiger partial charge in [0.15, 0.2) is 0 Å². The smallest absolute Gasteiger partial charge is 0.380 e. The molecule has 2 saturated carbocycles. The highest BCUT2D eigenvalue weighted by molar-refractivity contribution is 7.54. The van der Waals surface area contributed by atoms with Gasteiger partial charge < -0.3 is 20.1 Å². The van der Waals surface area contributed by atoms with E-state index in [0.717, 1.165) is 51.0 Å². The van der Waals surface area contributed by atoms with Crippen molar-refractivity contribution in [2.75, 3.05) is 18.5 Å². The molecule has 1 amide bonds. The fraction of sp³-hybridized carbons (Fsp3) is 0.640. The lowest BCUT2D eigenvalue weighted by Gasteiger charge is -2.25. The van der Waals surface area contributed by atoms with Crippen LogP contribution in [-0.2, 0) is 20.4 Å². The van der Waals surface area contributed by atoms with Crippen LogP contribution in [-0.4, -0.2) is 44.8 Å². The maximum atomic E-state index is 15.2. The summed E-state index contributed by atoms with van der Waals surface area (Å²) in [6.07, 6.45) is 7.95. The molecule has 2 aromatic rings. The van der Waals surface area contributed by atoms with Crippen LogP contribution >= 0.6 is 7.60 Å². The lowest BCUT2D eigenvalue weighted by Crippen LogP contribution is -2.46. The van der Waals surface area contributed by atoms with E-state index in [-0.39, 0.29) is 28.7 Å². The Morgan fingerprint density at radius 3 is 2.41 bits per heavy atom. The van der Waals surface area contributed by atoms with Gasteiger partial charge in [0.25, 0.3) is 5.56 Å². The van der Waals surface area contributed by atoms with Crippen molar-refractivity contribution in [3.05, 3.63) is 38.8 Å². The van der Waals surface area contributed by atoms with E-state index in [9.17, 15) is 32.6 Å². The van der Waals surface area contributed by atoms with Gasteiger partial charge in [0.2, 0.25) is 5.91 Å². The number of amides is 1. The Kier molecular flexibility index (Phi) is 8.92. The normalized spacial score (nSPS) is 18.8. The van der Waals surface area contributed by atoms with Crippen LogP contribution in [0, 0.1) is 5.82 Å². The van der Waals surface area contributed by atoms with Gasteiger partial charge in [-0.25, -0.2) is 9.18 Å². The number of hydrogen-bond acceptors (Lipinski definition) is 6. The van der Waals surface area contributed by atoms with Gasteiger partial charge in [-0.1, -0.05) is 32.1 Å². The van der Waals surface area contributed by atoms with Crippen molar-refractivity contribution < 1.29 is 31.9 Å². The third-order valence-corrected chi connectivity index (χ3v) is 9.02. The first-order valence-electron chi connectivity index (χ1n) is 13.3. The van der Waals surface area contributed by atoms with Gasteiger partial charge >= 0.3 is 18.9 Å². The molecule has 2 fully saturated rings. The molecule has 1 atom stereocenters. The Morgan fingerprint density at radius 2 is 1.77 bits per heavy atom. The van der Waals surface area contributed by atoms with Crippen molar-refractivity contribution in [2.24, 2.45) is 0 Å². The summed E-state index contributed by atoms with van der Waals surface area (Å²) in [4.78, 5) is 48.8. The highest BCUT2D eigenvalue weighted by atomic mass is 31.2. The fourth-order valence-corrected chi connectivity index (χ4v) is 6.22. The van der Waals surface area contributed by atoms with Crippen LogP contribution in [0.1, 0.15) is 70.8 Å². The van der Waals surface area contributed by atoms with Crippen molar-refractivity contribution in [2.45, 2.75) is 89.0 Å². The first-order valence-corrected chi connectivity index (χ1v) is 14.9. The standard InChI is InChI=1S/C25H34F3N4O6P/c1-2-38-39(36,37)25(27,28)15-29-22(33)14-31-23(34)18-12-19(26)20(30-16-8-4-3-5-9-16)13-21(18)32(24(31)35)17-10-6-7-11-17/h12-13,16-17,30H,2-11,14-15H2,1H3,(H,29,33)(H,36,37). The van der Waals surface area contributed by atoms with Gasteiger partial charge in [-0.15, -0.1) is 0 Å². The van der Waals surface area contributed by atoms with E-state index in [1.54, 1.807) is 5.32 Å². The molecule has 0 aliphatic heterocycles. The molecule has 0 radical (unpaired) electrons. The predicted octanol–water partition coefficient (Wildman–Crippen LogP) is 4.09. The van der Waals surface area contributed by atoms with E-state index in [1.807, 2.05) is 0 Å². The topological polar surface area (TPSA) is 132 Å². The third-order valence-electron chi connectivity index (χ3n) is 7.43. The highest BCUT2D eigenvalue weighted by Crippen LogP contribution is 2.57. The monoisotopic (exact) mass is 574 g/mol. The number of nitrogens with one attached hydrogen (secondary N) is 2. The average Bonchev–Trinajstić information content (AvgIpc) is 3.42. The number of hydrogen-bond donors (Lipinski definition) is 3. The van der Waals surface area contributed by atoms with Gasteiger partial charge in [-0.2, -0.15) is 8.78 Å². The summed E-state index contributed by atoms with van der Waals surface area (Å²) in [5.74, 6) is -1.83. The maximum Gasteiger partial charge on any atom is 0.398 e. The van der Waals surface area contributed by atoms with Gasteiger partial charge in [0, 0.05) is 12.1 Å². The molecule has 1 unspecified atom stereocenters. The van der Waals surface area contributed by atoms with Crippen LogP contribution in [0.3, 0.4) is 0 Å². The molecular weight excluding hydrogens is 540 g/mol. The summed E-state index contributed by atoms with van der Waals surface area (Å²) in [6.45, 7) is -1.65. The number of aromatic nitrogens is 2. The zero-order chi connectivity index (χ0) is 28.4. The summed E-state index contributed by atoms with van der Waals surface area (Å²) < 4.78 is 61.4. The lowest BCUT2D eigenvalue weighted by atomic mass is 9.95. The van der Waals surface area contributed by atoms with Crippen molar-refractivity contribution in [1.82, 2.24) is 14.5 Å². The molecule has 4 rings (SSSR count). The van der Waals surface area contributed by atoms with Gasteiger partial charge in [0.1, 0.15) is 12.4 Å². The molecular formula is C25H34F3N4O6P. The number of carbonyl (C=O) groups excluding carboxylic acids is 1. The minimum atomic E-state index is -5.36. The molecule has 0 bridgehead atoms. The molecule has 1 aromatic carbocycles. The Morgan fingerprint density at radius 1 is 1.13 bits per heavy atom. The fourth-order valence-electron chi connectivity index (χ4n) is 5.40. The van der Waals surface area contributed by atoms with Crippen molar-refractivity contribution in [3.63, 3.8) is 0 Å². The molecule has 2 aliphatic carbocycles. The second-order valence-corrected chi connectivity index (χ2v) is 12.1.